The average molecular weight is 351 g/mol. The van der Waals surface area contributed by atoms with Crippen LogP contribution in [-0.2, 0) is 16.0 Å². The largest absolute Gasteiger partial charge is 0.489 e. The summed E-state index contributed by atoms with van der Waals surface area (Å²) in [6.07, 6.45) is 7.49. The molecule has 0 aromatic heterocycles. The molecule has 3 nitrogen and oxygen atoms in total. The summed E-state index contributed by atoms with van der Waals surface area (Å²) in [7, 11) is 1.41. The standard InChI is InChI=1S/C17H19BrO3/c1-20-17(19)10-7-13-5-8-16(9-6-13)21-12-14-3-2-4-15(18)11-14/h4-6,8-9,11H,2-3,7,10,12H2,1H3. The summed E-state index contributed by atoms with van der Waals surface area (Å²) >= 11 is 3.49. The summed E-state index contributed by atoms with van der Waals surface area (Å²) in [5.74, 6) is 0.668. The van der Waals surface area contributed by atoms with E-state index in [0.717, 1.165) is 28.6 Å². The molecule has 0 unspecified atom stereocenters. The van der Waals surface area contributed by atoms with Crippen molar-refractivity contribution in [2.75, 3.05) is 13.7 Å². The highest BCUT2D eigenvalue weighted by molar-refractivity contribution is 9.11. The summed E-state index contributed by atoms with van der Waals surface area (Å²) in [4.78, 5) is 11.1. The molecule has 0 saturated heterocycles. The molecule has 0 saturated carbocycles. The number of allylic oxidation sites excluding steroid dienone is 3. The second-order valence-corrected chi connectivity index (χ2v) is 5.85. The van der Waals surface area contributed by atoms with Gasteiger partial charge in [-0.25, -0.2) is 0 Å². The van der Waals surface area contributed by atoms with E-state index >= 15 is 0 Å². The Labute approximate surface area is 133 Å². The molecule has 1 aliphatic carbocycles. The third-order valence-corrected chi connectivity index (χ3v) is 3.89. The number of carbonyl (C=O) groups excluding carboxylic acids is 1. The Balaban J connectivity index is 1.82. The molecular weight excluding hydrogens is 332 g/mol. The first-order chi connectivity index (χ1) is 10.2. The van der Waals surface area contributed by atoms with Gasteiger partial charge in [0.05, 0.1) is 7.11 Å². The molecule has 0 N–H and O–H groups in total. The van der Waals surface area contributed by atoms with Crippen LogP contribution >= 0.6 is 15.9 Å². The molecule has 0 bridgehead atoms. The van der Waals surface area contributed by atoms with E-state index in [1.807, 2.05) is 24.3 Å². The van der Waals surface area contributed by atoms with Crippen molar-refractivity contribution in [3.63, 3.8) is 0 Å². The van der Waals surface area contributed by atoms with E-state index in [1.165, 1.54) is 12.7 Å². The molecular formula is C17H19BrO3. The van der Waals surface area contributed by atoms with E-state index in [4.69, 9.17) is 4.74 Å². The molecule has 112 valence electrons. The van der Waals surface area contributed by atoms with Crippen LogP contribution in [0.2, 0.25) is 0 Å². The summed E-state index contributed by atoms with van der Waals surface area (Å²) in [5, 5.41) is 0. The first-order valence-electron chi connectivity index (χ1n) is 7.01. The zero-order valence-corrected chi connectivity index (χ0v) is 13.7. The van der Waals surface area contributed by atoms with Gasteiger partial charge >= 0.3 is 5.97 Å². The molecule has 0 aliphatic heterocycles. The Kier molecular flexibility index (Phi) is 6.05. The van der Waals surface area contributed by atoms with Gasteiger partial charge in [-0.1, -0.05) is 34.1 Å². The van der Waals surface area contributed by atoms with Gasteiger partial charge < -0.3 is 9.47 Å². The highest BCUT2D eigenvalue weighted by atomic mass is 79.9. The minimum Gasteiger partial charge on any atom is -0.489 e. The van der Waals surface area contributed by atoms with Gasteiger partial charge in [-0.15, -0.1) is 0 Å². The number of esters is 1. The highest BCUT2D eigenvalue weighted by Crippen LogP contribution is 2.22. The van der Waals surface area contributed by atoms with Crippen LogP contribution in [0.4, 0.5) is 0 Å². The van der Waals surface area contributed by atoms with Gasteiger partial charge in [0, 0.05) is 10.9 Å². The fourth-order valence-corrected chi connectivity index (χ4v) is 2.66. The fraction of sp³-hybridized carbons (Fsp3) is 0.353. The van der Waals surface area contributed by atoms with Crippen LogP contribution in [0.3, 0.4) is 0 Å². The van der Waals surface area contributed by atoms with Crippen LogP contribution in [0.1, 0.15) is 24.8 Å². The van der Waals surface area contributed by atoms with Crippen LogP contribution in [-0.4, -0.2) is 19.7 Å². The van der Waals surface area contributed by atoms with Gasteiger partial charge in [-0.2, -0.15) is 0 Å². The van der Waals surface area contributed by atoms with Crippen molar-refractivity contribution in [2.45, 2.75) is 25.7 Å². The smallest absolute Gasteiger partial charge is 0.305 e. The Bertz CT molecular complexity index is 544. The molecule has 0 atom stereocenters. The normalized spacial score (nSPS) is 14.2. The van der Waals surface area contributed by atoms with E-state index in [0.29, 0.717) is 19.4 Å². The third kappa shape index (κ3) is 5.38. The molecule has 2 rings (SSSR count). The third-order valence-electron chi connectivity index (χ3n) is 3.34. The molecule has 0 heterocycles. The van der Waals surface area contributed by atoms with Crippen molar-refractivity contribution < 1.29 is 14.3 Å². The second kappa shape index (κ2) is 8.03. The minimum atomic E-state index is -0.182. The molecule has 1 aliphatic rings. The summed E-state index contributed by atoms with van der Waals surface area (Å²) in [6, 6.07) is 7.87. The monoisotopic (exact) mass is 350 g/mol. The van der Waals surface area contributed by atoms with Crippen molar-refractivity contribution in [1.29, 1.82) is 0 Å². The van der Waals surface area contributed by atoms with Gasteiger partial charge in [-0.05, 0) is 48.6 Å². The molecule has 4 heteroatoms. The minimum absolute atomic E-state index is 0.182. The van der Waals surface area contributed by atoms with Crippen molar-refractivity contribution >= 4 is 21.9 Å². The predicted octanol–water partition coefficient (Wildman–Crippen LogP) is 4.17. The first-order valence-corrected chi connectivity index (χ1v) is 7.80. The number of carbonyl (C=O) groups is 1. The molecule has 1 aromatic carbocycles. The van der Waals surface area contributed by atoms with Gasteiger partial charge in [0.1, 0.15) is 12.4 Å². The van der Waals surface area contributed by atoms with Gasteiger partial charge in [0.15, 0.2) is 0 Å². The molecule has 21 heavy (non-hydrogen) atoms. The van der Waals surface area contributed by atoms with Crippen LogP contribution in [0.5, 0.6) is 5.75 Å². The Morgan fingerprint density at radius 2 is 2.05 bits per heavy atom. The van der Waals surface area contributed by atoms with Gasteiger partial charge in [-0.3, -0.25) is 4.79 Å². The summed E-state index contributed by atoms with van der Waals surface area (Å²) < 4.78 is 11.5. The lowest BCUT2D eigenvalue weighted by atomic mass is 10.1. The van der Waals surface area contributed by atoms with E-state index in [2.05, 4.69) is 32.8 Å². The molecule has 1 aromatic rings. The number of ether oxygens (including phenoxy) is 2. The maximum absolute atomic E-state index is 11.1. The number of rotatable bonds is 6. The highest BCUT2D eigenvalue weighted by Gasteiger charge is 2.05. The number of methoxy groups -OCH3 is 1. The zero-order valence-electron chi connectivity index (χ0n) is 12.1. The first kappa shape index (κ1) is 15.8. The Morgan fingerprint density at radius 3 is 2.71 bits per heavy atom. The number of hydrogen-bond acceptors (Lipinski definition) is 3. The molecule has 0 fully saturated rings. The lowest BCUT2D eigenvalue weighted by Gasteiger charge is -2.12. The number of aryl methyl sites for hydroxylation is 1. The van der Waals surface area contributed by atoms with E-state index in [9.17, 15) is 4.79 Å². The van der Waals surface area contributed by atoms with Crippen molar-refractivity contribution in [3.05, 3.63) is 52.0 Å². The van der Waals surface area contributed by atoms with E-state index < -0.39 is 0 Å². The molecule has 0 amide bonds. The fourth-order valence-electron chi connectivity index (χ4n) is 2.11. The molecule has 0 radical (unpaired) electrons. The lowest BCUT2D eigenvalue weighted by molar-refractivity contribution is -0.140. The van der Waals surface area contributed by atoms with Crippen LogP contribution < -0.4 is 4.74 Å². The summed E-state index contributed by atoms with van der Waals surface area (Å²) in [5.41, 5.74) is 2.40. The van der Waals surface area contributed by atoms with Gasteiger partial charge in [0.25, 0.3) is 0 Å². The van der Waals surface area contributed by atoms with E-state index in [-0.39, 0.29) is 5.97 Å². The number of hydrogen-bond donors (Lipinski definition) is 0. The van der Waals surface area contributed by atoms with Crippen molar-refractivity contribution in [1.82, 2.24) is 0 Å². The topological polar surface area (TPSA) is 35.5 Å². The Morgan fingerprint density at radius 1 is 1.29 bits per heavy atom. The van der Waals surface area contributed by atoms with Crippen LogP contribution in [0.15, 0.2) is 46.5 Å². The average Bonchev–Trinajstić information content (AvgIpc) is 2.51. The zero-order chi connectivity index (χ0) is 15.1. The van der Waals surface area contributed by atoms with Gasteiger partial charge in [0.2, 0.25) is 0 Å². The maximum atomic E-state index is 11.1. The predicted molar refractivity (Wildman–Crippen MR) is 86.6 cm³/mol. The maximum Gasteiger partial charge on any atom is 0.305 e. The second-order valence-electron chi connectivity index (χ2n) is 4.94. The van der Waals surface area contributed by atoms with Crippen LogP contribution in [0, 0.1) is 0 Å². The summed E-state index contributed by atoms with van der Waals surface area (Å²) in [6.45, 7) is 0.616. The van der Waals surface area contributed by atoms with E-state index in [1.54, 1.807) is 0 Å². The van der Waals surface area contributed by atoms with Crippen molar-refractivity contribution in [3.8, 4) is 5.75 Å². The number of benzene rings is 1. The Hall–Kier alpha value is -1.55. The lowest BCUT2D eigenvalue weighted by Crippen LogP contribution is -2.04. The quantitative estimate of drug-likeness (QED) is 0.722. The van der Waals surface area contributed by atoms with Crippen LogP contribution in [0.25, 0.3) is 0 Å². The van der Waals surface area contributed by atoms with Crippen molar-refractivity contribution in [2.24, 2.45) is 0 Å². The SMILES string of the molecule is COC(=O)CCc1ccc(OCC2=CC(Br)=CCC2)cc1. The molecule has 0 spiro atoms. The number of halogens is 1.